The van der Waals surface area contributed by atoms with Gasteiger partial charge in [-0.1, -0.05) is 0 Å². The lowest BCUT2D eigenvalue weighted by Gasteiger charge is -2.27. The van der Waals surface area contributed by atoms with E-state index in [1.54, 1.807) is 0 Å². The number of amides is 1. The minimum absolute atomic E-state index is 0. The Balaban J connectivity index is 0.00000320. The Bertz CT molecular complexity index is 725. The van der Waals surface area contributed by atoms with Gasteiger partial charge in [-0.15, -0.1) is 24.0 Å². The zero-order valence-electron chi connectivity index (χ0n) is 18.9. The van der Waals surface area contributed by atoms with Crippen molar-refractivity contribution >= 4 is 36.0 Å². The van der Waals surface area contributed by atoms with Crippen LogP contribution >= 0.6 is 24.0 Å². The zero-order valence-corrected chi connectivity index (χ0v) is 21.3. The van der Waals surface area contributed by atoms with Crippen LogP contribution in [0.1, 0.15) is 58.4 Å². The van der Waals surface area contributed by atoms with Crippen LogP contribution < -0.4 is 5.32 Å². The third-order valence-electron chi connectivity index (χ3n) is 5.24. The molecule has 8 nitrogen and oxygen atoms in total. The Morgan fingerprint density at radius 3 is 2.67 bits per heavy atom. The second-order valence-electron chi connectivity index (χ2n) is 9.02. The van der Waals surface area contributed by atoms with Gasteiger partial charge in [0.05, 0.1) is 12.7 Å². The van der Waals surface area contributed by atoms with Crippen LogP contribution in [0, 0.1) is 0 Å². The van der Waals surface area contributed by atoms with Crippen molar-refractivity contribution in [2.45, 2.75) is 64.5 Å². The molecule has 0 aromatic carbocycles. The van der Waals surface area contributed by atoms with Gasteiger partial charge in [0, 0.05) is 51.4 Å². The molecule has 1 aromatic rings. The molecule has 2 heterocycles. The van der Waals surface area contributed by atoms with E-state index in [1.807, 2.05) is 43.6 Å². The van der Waals surface area contributed by atoms with Crippen LogP contribution in [0.25, 0.3) is 0 Å². The topological polar surface area (TPSA) is 75.0 Å². The Morgan fingerprint density at radius 2 is 2.10 bits per heavy atom. The average Bonchev–Trinajstić information content (AvgIpc) is 3.17. The molecule has 30 heavy (non-hydrogen) atoms. The Kier molecular flexibility index (Phi) is 8.81. The Hall–Kier alpha value is -1.52. The molecule has 0 spiro atoms. The number of hydrogen-bond donors (Lipinski definition) is 1. The van der Waals surface area contributed by atoms with Crippen molar-refractivity contribution in [3.8, 4) is 0 Å². The summed E-state index contributed by atoms with van der Waals surface area (Å²) in [6.45, 7) is 11.7. The number of hydrogen-bond acceptors (Lipinski definition) is 4. The van der Waals surface area contributed by atoms with Gasteiger partial charge in [0.25, 0.3) is 0 Å². The maximum absolute atomic E-state index is 12.5. The number of likely N-dealkylation sites (tertiary alicyclic amines) is 1. The van der Waals surface area contributed by atoms with E-state index in [4.69, 9.17) is 9.73 Å². The van der Waals surface area contributed by atoms with Crippen molar-refractivity contribution in [2.75, 3.05) is 32.7 Å². The number of ether oxygens (including phenoxy) is 1. The van der Waals surface area contributed by atoms with E-state index in [9.17, 15) is 4.79 Å². The number of aliphatic imine (C=N–C) groups is 1. The molecule has 1 aliphatic carbocycles. The van der Waals surface area contributed by atoms with Gasteiger partial charge in [-0.2, -0.15) is 5.10 Å². The minimum Gasteiger partial charge on any atom is -0.444 e. The molecule has 1 aromatic heterocycles. The summed E-state index contributed by atoms with van der Waals surface area (Å²) in [7, 11) is 1.96. The number of nitrogens with zero attached hydrogens (tertiary/aromatic N) is 5. The lowest BCUT2D eigenvalue weighted by molar-refractivity contribution is 0.0240. The van der Waals surface area contributed by atoms with Gasteiger partial charge in [0.2, 0.25) is 0 Å². The summed E-state index contributed by atoms with van der Waals surface area (Å²) in [6.07, 6.45) is 7.06. The fourth-order valence-corrected chi connectivity index (χ4v) is 3.69. The van der Waals surface area contributed by atoms with Crippen LogP contribution in [0.4, 0.5) is 4.79 Å². The van der Waals surface area contributed by atoms with E-state index in [0.29, 0.717) is 25.0 Å². The van der Waals surface area contributed by atoms with E-state index in [1.165, 1.54) is 5.56 Å². The third-order valence-corrected chi connectivity index (χ3v) is 5.24. The van der Waals surface area contributed by atoms with Crippen LogP contribution in [0.3, 0.4) is 0 Å². The van der Waals surface area contributed by atoms with Crippen molar-refractivity contribution in [2.24, 2.45) is 12.0 Å². The van der Waals surface area contributed by atoms with Gasteiger partial charge >= 0.3 is 6.09 Å². The van der Waals surface area contributed by atoms with Crippen molar-refractivity contribution in [3.05, 3.63) is 18.0 Å². The highest BCUT2D eigenvalue weighted by Crippen LogP contribution is 2.29. The summed E-state index contributed by atoms with van der Waals surface area (Å²) in [6, 6.07) is 0.310. The number of carbonyl (C=O) groups is 1. The van der Waals surface area contributed by atoms with Crippen molar-refractivity contribution in [3.63, 3.8) is 0 Å². The summed E-state index contributed by atoms with van der Waals surface area (Å²) in [5.74, 6) is 1.41. The van der Waals surface area contributed by atoms with Crippen molar-refractivity contribution < 1.29 is 9.53 Å². The average molecular weight is 532 g/mol. The number of aryl methyl sites for hydroxylation is 1. The molecule has 3 rings (SSSR count). The fraction of sp³-hybridized carbons (Fsp3) is 0.762. The van der Waals surface area contributed by atoms with Crippen LogP contribution in [-0.2, 0) is 11.8 Å². The number of nitrogens with one attached hydrogen (secondary N) is 1. The van der Waals surface area contributed by atoms with E-state index >= 15 is 0 Å². The molecule has 1 amide bonds. The molecular weight excluding hydrogens is 495 g/mol. The molecular formula is C21H37IN6O2. The van der Waals surface area contributed by atoms with Crippen LogP contribution in [0.5, 0.6) is 0 Å². The van der Waals surface area contributed by atoms with Crippen molar-refractivity contribution in [1.29, 1.82) is 0 Å². The van der Waals surface area contributed by atoms with Crippen LogP contribution in [-0.4, -0.2) is 76.0 Å². The summed E-state index contributed by atoms with van der Waals surface area (Å²) in [5.41, 5.74) is 0.815. The standard InChI is InChI=1S/C21H36N6O2.HI/c1-6-22-19(26-11-9-16(15-26)17-13-24-25(5)14-17)23-10-12-27(18-7-8-18)20(28)29-21(2,3)4;/h13-14,16,18H,6-12,15H2,1-5H3,(H,22,23);1H. The Morgan fingerprint density at radius 1 is 1.37 bits per heavy atom. The van der Waals surface area contributed by atoms with Crippen LogP contribution in [0.2, 0.25) is 0 Å². The number of halogens is 1. The second-order valence-corrected chi connectivity index (χ2v) is 9.02. The summed E-state index contributed by atoms with van der Waals surface area (Å²) >= 11 is 0. The smallest absolute Gasteiger partial charge is 0.410 e. The molecule has 1 unspecified atom stereocenters. The van der Waals surface area contributed by atoms with Gasteiger partial charge in [-0.05, 0) is 52.5 Å². The van der Waals surface area contributed by atoms with Gasteiger partial charge in [0.15, 0.2) is 5.96 Å². The fourth-order valence-electron chi connectivity index (χ4n) is 3.69. The van der Waals surface area contributed by atoms with Crippen molar-refractivity contribution in [1.82, 2.24) is 24.9 Å². The van der Waals surface area contributed by atoms with E-state index < -0.39 is 5.60 Å². The normalized spacial score (nSPS) is 19.4. The number of guanidine groups is 1. The molecule has 170 valence electrons. The SMILES string of the molecule is CCNC(=NCCN(C(=O)OC(C)(C)C)C1CC1)N1CCC(c2cnn(C)c2)C1.I. The summed E-state index contributed by atoms with van der Waals surface area (Å²) < 4.78 is 7.44. The highest BCUT2D eigenvalue weighted by molar-refractivity contribution is 14.0. The summed E-state index contributed by atoms with van der Waals surface area (Å²) in [5, 5.41) is 7.71. The molecule has 2 aliphatic rings. The largest absolute Gasteiger partial charge is 0.444 e. The lowest BCUT2D eigenvalue weighted by atomic mass is 10.0. The van der Waals surface area contributed by atoms with Gasteiger partial charge < -0.3 is 19.9 Å². The highest BCUT2D eigenvalue weighted by atomic mass is 127. The molecule has 1 atom stereocenters. The maximum atomic E-state index is 12.5. The first-order chi connectivity index (χ1) is 13.8. The molecule has 1 N–H and O–H groups in total. The van der Waals surface area contributed by atoms with E-state index in [0.717, 1.165) is 44.9 Å². The lowest BCUT2D eigenvalue weighted by Crippen LogP contribution is -2.42. The molecule has 1 aliphatic heterocycles. The second kappa shape index (κ2) is 10.7. The highest BCUT2D eigenvalue weighted by Gasteiger charge is 2.35. The molecule has 2 fully saturated rings. The monoisotopic (exact) mass is 532 g/mol. The first kappa shape index (κ1) is 24.7. The predicted octanol–water partition coefficient (Wildman–Crippen LogP) is 3.19. The molecule has 1 saturated carbocycles. The number of carbonyl (C=O) groups excluding carboxylic acids is 1. The zero-order chi connectivity index (χ0) is 21.0. The van der Waals surface area contributed by atoms with Crippen LogP contribution in [0.15, 0.2) is 17.4 Å². The van der Waals surface area contributed by atoms with E-state index in [-0.39, 0.29) is 30.1 Å². The molecule has 1 saturated heterocycles. The third kappa shape index (κ3) is 7.02. The number of rotatable bonds is 6. The first-order valence-corrected chi connectivity index (χ1v) is 10.8. The van der Waals surface area contributed by atoms with Gasteiger partial charge in [-0.25, -0.2) is 4.79 Å². The quantitative estimate of drug-likeness (QED) is 0.346. The molecule has 9 heteroatoms. The predicted molar refractivity (Wildman–Crippen MR) is 129 cm³/mol. The molecule has 0 radical (unpaired) electrons. The number of aromatic nitrogens is 2. The summed E-state index contributed by atoms with van der Waals surface area (Å²) in [4.78, 5) is 21.5. The molecule has 0 bridgehead atoms. The van der Waals surface area contributed by atoms with Gasteiger partial charge in [-0.3, -0.25) is 9.67 Å². The van der Waals surface area contributed by atoms with E-state index in [2.05, 4.69) is 28.4 Å². The Labute approximate surface area is 197 Å². The minimum atomic E-state index is -0.473. The maximum Gasteiger partial charge on any atom is 0.410 e. The van der Waals surface area contributed by atoms with Gasteiger partial charge in [0.1, 0.15) is 5.60 Å². The first-order valence-electron chi connectivity index (χ1n) is 10.8.